The molecule has 0 bridgehead atoms. The number of nitrogens with one attached hydrogen (secondary N) is 1. The van der Waals surface area contributed by atoms with Crippen LogP contribution in [0.4, 0.5) is 17.1 Å². The van der Waals surface area contributed by atoms with Gasteiger partial charge in [0.25, 0.3) is 5.69 Å². The normalized spacial score (nSPS) is 10.8. The van der Waals surface area contributed by atoms with Crippen molar-refractivity contribution in [3.8, 4) is 11.4 Å². The Balaban J connectivity index is 1.47. The smallest absolute Gasteiger partial charge is 0.292 e. The second-order valence-corrected chi connectivity index (χ2v) is 6.94. The van der Waals surface area contributed by atoms with Crippen LogP contribution in [0.1, 0.15) is 5.56 Å². The number of nitrogens with two attached hydrogens (primary N) is 1. The molecule has 0 spiro atoms. The van der Waals surface area contributed by atoms with Gasteiger partial charge in [0.2, 0.25) is 5.91 Å². The van der Waals surface area contributed by atoms with Crippen LogP contribution in [-0.4, -0.2) is 20.4 Å². The van der Waals surface area contributed by atoms with Gasteiger partial charge in [-0.25, -0.2) is 4.98 Å². The molecule has 3 N–H and O–H groups in total. The highest BCUT2D eigenvalue weighted by Crippen LogP contribution is 2.25. The average Bonchev–Trinajstić information content (AvgIpc) is 3.05. The number of rotatable bonds is 5. The van der Waals surface area contributed by atoms with Crippen LogP contribution in [0.3, 0.4) is 0 Å². The maximum absolute atomic E-state index is 12.3. The number of fused-ring (bicyclic) bond motifs is 1. The van der Waals surface area contributed by atoms with Crippen LogP contribution in [0, 0.1) is 10.1 Å². The largest absolute Gasteiger partial charge is 0.393 e. The van der Waals surface area contributed by atoms with Gasteiger partial charge in [-0.15, -0.1) is 0 Å². The Hall–Kier alpha value is -4.20. The van der Waals surface area contributed by atoms with Crippen molar-refractivity contribution in [2.24, 2.45) is 7.05 Å². The highest BCUT2D eigenvalue weighted by molar-refractivity contribution is 5.92. The number of hydrogen-bond acceptors (Lipinski definition) is 5. The molecular formula is C22H19N5O3. The quantitative estimate of drug-likeness (QED) is 0.299. The van der Waals surface area contributed by atoms with Gasteiger partial charge in [-0.2, -0.15) is 0 Å². The summed E-state index contributed by atoms with van der Waals surface area (Å²) < 4.78 is 2.03. The third-order valence-corrected chi connectivity index (χ3v) is 4.87. The first-order valence-corrected chi connectivity index (χ1v) is 9.27. The molecule has 4 aromatic rings. The highest BCUT2D eigenvalue weighted by Gasteiger charge is 2.13. The van der Waals surface area contributed by atoms with Gasteiger partial charge in [-0.1, -0.05) is 18.2 Å². The molecule has 30 heavy (non-hydrogen) atoms. The average molecular weight is 401 g/mol. The minimum absolute atomic E-state index is 0.0390. The van der Waals surface area contributed by atoms with Crippen molar-refractivity contribution in [3.05, 3.63) is 82.4 Å². The molecule has 3 aromatic carbocycles. The standard InChI is InChI=1S/C22H19N5O3/c1-26-20-5-3-2-4-18(20)25-22(26)15-7-9-16(10-8-15)24-21(28)13-14-6-11-19(27(29)30)17(23)12-14/h2-12H,13,23H2,1H3,(H,24,28). The molecule has 8 heteroatoms. The summed E-state index contributed by atoms with van der Waals surface area (Å²) in [5.41, 5.74) is 9.72. The van der Waals surface area contributed by atoms with Crippen molar-refractivity contribution in [2.45, 2.75) is 6.42 Å². The lowest BCUT2D eigenvalue weighted by Gasteiger charge is -2.08. The number of para-hydroxylation sites is 2. The topological polar surface area (TPSA) is 116 Å². The number of benzene rings is 3. The molecule has 8 nitrogen and oxygen atoms in total. The van der Waals surface area contributed by atoms with Crippen molar-refractivity contribution in [1.82, 2.24) is 9.55 Å². The number of imidazole rings is 1. The number of aromatic nitrogens is 2. The van der Waals surface area contributed by atoms with Gasteiger partial charge in [0, 0.05) is 24.4 Å². The van der Waals surface area contributed by atoms with Crippen molar-refractivity contribution in [1.29, 1.82) is 0 Å². The number of nitro benzene ring substituents is 1. The van der Waals surface area contributed by atoms with E-state index >= 15 is 0 Å². The minimum Gasteiger partial charge on any atom is -0.393 e. The van der Waals surface area contributed by atoms with E-state index in [2.05, 4.69) is 10.3 Å². The summed E-state index contributed by atoms with van der Waals surface area (Å²) in [7, 11) is 1.97. The van der Waals surface area contributed by atoms with Crippen LogP contribution in [0.15, 0.2) is 66.7 Å². The van der Waals surface area contributed by atoms with E-state index in [0.717, 1.165) is 22.4 Å². The summed E-state index contributed by atoms with van der Waals surface area (Å²) in [4.78, 5) is 27.3. The number of carbonyl (C=O) groups is 1. The lowest BCUT2D eigenvalue weighted by atomic mass is 10.1. The molecule has 0 aliphatic rings. The predicted molar refractivity (Wildman–Crippen MR) is 116 cm³/mol. The molecule has 1 aromatic heterocycles. The maximum atomic E-state index is 12.3. The third kappa shape index (κ3) is 3.70. The molecular weight excluding hydrogens is 382 g/mol. The van der Waals surface area contributed by atoms with E-state index in [1.165, 1.54) is 18.2 Å². The molecule has 150 valence electrons. The third-order valence-electron chi connectivity index (χ3n) is 4.87. The fraction of sp³-hybridized carbons (Fsp3) is 0.0909. The van der Waals surface area contributed by atoms with Gasteiger partial charge in [0.05, 0.1) is 22.4 Å². The fourth-order valence-corrected chi connectivity index (χ4v) is 3.38. The number of nitro groups is 1. The van der Waals surface area contributed by atoms with E-state index < -0.39 is 4.92 Å². The number of nitrogen functional groups attached to an aromatic ring is 1. The molecule has 0 unspecified atom stereocenters. The Morgan fingerprint density at radius 3 is 2.53 bits per heavy atom. The van der Waals surface area contributed by atoms with E-state index in [-0.39, 0.29) is 23.7 Å². The minimum atomic E-state index is -0.550. The Labute approximate surface area is 172 Å². The number of nitrogens with zero attached hydrogens (tertiary/aromatic N) is 3. The Kier molecular flexibility index (Phi) is 4.89. The SMILES string of the molecule is Cn1c(-c2ccc(NC(=O)Cc3ccc([N+](=O)[O-])c(N)c3)cc2)nc2ccccc21. The molecule has 0 fully saturated rings. The molecule has 4 rings (SSSR count). The van der Waals surface area contributed by atoms with E-state index in [4.69, 9.17) is 5.73 Å². The fourth-order valence-electron chi connectivity index (χ4n) is 3.38. The van der Waals surface area contributed by atoms with Crippen LogP contribution in [0.2, 0.25) is 0 Å². The zero-order valence-electron chi connectivity index (χ0n) is 16.2. The lowest BCUT2D eigenvalue weighted by molar-refractivity contribution is -0.383. The number of amides is 1. The second kappa shape index (κ2) is 7.67. The van der Waals surface area contributed by atoms with Crippen molar-refractivity contribution in [2.75, 3.05) is 11.1 Å². The second-order valence-electron chi connectivity index (χ2n) is 6.94. The molecule has 0 atom stereocenters. The summed E-state index contributed by atoms with van der Waals surface area (Å²) >= 11 is 0. The van der Waals surface area contributed by atoms with Gasteiger partial charge >= 0.3 is 0 Å². The Bertz CT molecular complexity index is 1260. The highest BCUT2D eigenvalue weighted by atomic mass is 16.6. The van der Waals surface area contributed by atoms with E-state index in [1.807, 2.05) is 60.1 Å². The van der Waals surface area contributed by atoms with Crippen molar-refractivity contribution >= 4 is 34.0 Å². The monoisotopic (exact) mass is 401 g/mol. The summed E-state index contributed by atoms with van der Waals surface area (Å²) in [6.45, 7) is 0. The zero-order valence-corrected chi connectivity index (χ0v) is 16.2. The molecule has 0 saturated heterocycles. The van der Waals surface area contributed by atoms with E-state index in [0.29, 0.717) is 11.3 Å². The van der Waals surface area contributed by atoms with Crippen LogP contribution < -0.4 is 11.1 Å². The summed E-state index contributed by atoms with van der Waals surface area (Å²) in [6.07, 6.45) is 0.0642. The van der Waals surface area contributed by atoms with E-state index in [9.17, 15) is 14.9 Å². The first kappa shape index (κ1) is 19.1. The molecule has 0 radical (unpaired) electrons. The van der Waals surface area contributed by atoms with Crippen LogP contribution in [-0.2, 0) is 18.3 Å². The van der Waals surface area contributed by atoms with Crippen molar-refractivity contribution in [3.63, 3.8) is 0 Å². The van der Waals surface area contributed by atoms with Gasteiger partial charge in [0.15, 0.2) is 0 Å². The van der Waals surface area contributed by atoms with Crippen molar-refractivity contribution < 1.29 is 9.72 Å². The van der Waals surface area contributed by atoms with Gasteiger partial charge in [-0.05, 0) is 48.0 Å². The molecule has 1 heterocycles. The van der Waals surface area contributed by atoms with Gasteiger partial charge in [-0.3, -0.25) is 14.9 Å². The molecule has 0 aliphatic heterocycles. The van der Waals surface area contributed by atoms with Crippen LogP contribution in [0.5, 0.6) is 0 Å². The molecule has 0 aliphatic carbocycles. The summed E-state index contributed by atoms with van der Waals surface area (Å²) in [5, 5.41) is 13.7. The Morgan fingerprint density at radius 2 is 1.87 bits per heavy atom. The maximum Gasteiger partial charge on any atom is 0.292 e. The molecule has 0 saturated carbocycles. The number of hydrogen-bond donors (Lipinski definition) is 2. The zero-order chi connectivity index (χ0) is 21.3. The van der Waals surface area contributed by atoms with Crippen LogP contribution in [0.25, 0.3) is 22.4 Å². The number of anilines is 2. The molecule has 1 amide bonds. The summed E-state index contributed by atoms with van der Waals surface area (Å²) in [5.74, 6) is 0.606. The van der Waals surface area contributed by atoms with Gasteiger partial charge < -0.3 is 15.6 Å². The van der Waals surface area contributed by atoms with E-state index in [1.54, 1.807) is 0 Å². The van der Waals surface area contributed by atoms with Crippen LogP contribution >= 0.6 is 0 Å². The first-order chi connectivity index (χ1) is 14.4. The first-order valence-electron chi connectivity index (χ1n) is 9.27. The summed E-state index contributed by atoms with van der Waals surface area (Å²) in [6, 6.07) is 19.7. The Morgan fingerprint density at radius 1 is 1.13 bits per heavy atom. The number of aryl methyl sites for hydroxylation is 1. The predicted octanol–water partition coefficient (Wildman–Crippen LogP) is 3.91. The lowest BCUT2D eigenvalue weighted by Crippen LogP contribution is -2.14. The number of carbonyl (C=O) groups excluding carboxylic acids is 1. The van der Waals surface area contributed by atoms with Gasteiger partial charge in [0.1, 0.15) is 11.5 Å².